The van der Waals surface area contributed by atoms with E-state index in [1.165, 1.54) is 51.7 Å². The highest BCUT2D eigenvalue weighted by atomic mass is 15.2. The Labute approximate surface area is 89.1 Å². The summed E-state index contributed by atoms with van der Waals surface area (Å²) in [4.78, 5) is 2.69. The molecule has 0 aromatic carbocycles. The smallest absolute Gasteiger partial charge is 0.00962 e. The zero-order valence-electron chi connectivity index (χ0n) is 9.89. The monoisotopic (exact) mass is 198 g/mol. The lowest BCUT2D eigenvalue weighted by Crippen LogP contribution is -2.30. The molecule has 1 rings (SSSR count). The minimum Gasteiger partial charge on any atom is -0.317 e. The number of hydrogen-bond acceptors (Lipinski definition) is 2. The molecule has 0 aromatic heterocycles. The number of rotatable bonds is 7. The van der Waals surface area contributed by atoms with E-state index in [-0.39, 0.29) is 0 Å². The van der Waals surface area contributed by atoms with Crippen molar-refractivity contribution in [2.45, 2.75) is 52.0 Å². The summed E-state index contributed by atoms with van der Waals surface area (Å²) in [5.41, 5.74) is 0. The summed E-state index contributed by atoms with van der Waals surface area (Å²) in [7, 11) is 0. The fourth-order valence-electron chi connectivity index (χ4n) is 2.44. The molecule has 1 aliphatic rings. The van der Waals surface area contributed by atoms with E-state index in [4.69, 9.17) is 0 Å². The second-order valence-corrected chi connectivity index (χ2v) is 4.33. The van der Waals surface area contributed by atoms with E-state index in [0.717, 1.165) is 12.6 Å². The van der Waals surface area contributed by atoms with Gasteiger partial charge in [0.15, 0.2) is 0 Å². The predicted molar refractivity (Wildman–Crippen MR) is 62.7 cm³/mol. The maximum atomic E-state index is 3.40. The maximum Gasteiger partial charge on any atom is 0.00962 e. The van der Waals surface area contributed by atoms with E-state index < -0.39 is 0 Å². The molecule has 2 heteroatoms. The SMILES string of the molecule is CCCN1CCC[C@@H]1CCCNCC. The van der Waals surface area contributed by atoms with Gasteiger partial charge < -0.3 is 10.2 Å². The highest BCUT2D eigenvalue weighted by Gasteiger charge is 2.22. The average molecular weight is 198 g/mol. The number of nitrogens with one attached hydrogen (secondary N) is 1. The number of nitrogens with zero attached hydrogens (tertiary/aromatic N) is 1. The molecule has 1 aliphatic heterocycles. The Morgan fingerprint density at radius 2 is 2.21 bits per heavy atom. The van der Waals surface area contributed by atoms with E-state index in [0.29, 0.717) is 0 Å². The van der Waals surface area contributed by atoms with Crippen LogP contribution in [0.5, 0.6) is 0 Å². The molecule has 0 amide bonds. The maximum absolute atomic E-state index is 3.40. The van der Waals surface area contributed by atoms with Crippen LogP contribution in [0, 0.1) is 0 Å². The normalized spacial score (nSPS) is 23.1. The van der Waals surface area contributed by atoms with Crippen molar-refractivity contribution in [1.82, 2.24) is 10.2 Å². The molecule has 84 valence electrons. The topological polar surface area (TPSA) is 15.3 Å². The third kappa shape index (κ3) is 3.97. The molecule has 0 bridgehead atoms. The van der Waals surface area contributed by atoms with Gasteiger partial charge in [0, 0.05) is 6.04 Å². The molecule has 14 heavy (non-hydrogen) atoms. The minimum absolute atomic E-state index is 0.897. The van der Waals surface area contributed by atoms with Crippen LogP contribution in [0.4, 0.5) is 0 Å². The fraction of sp³-hybridized carbons (Fsp3) is 1.00. The van der Waals surface area contributed by atoms with Crippen molar-refractivity contribution in [2.24, 2.45) is 0 Å². The summed E-state index contributed by atoms with van der Waals surface area (Å²) in [5.74, 6) is 0. The lowest BCUT2D eigenvalue weighted by Gasteiger charge is -2.23. The second-order valence-electron chi connectivity index (χ2n) is 4.33. The van der Waals surface area contributed by atoms with Gasteiger partial charge in [-0.3, -0.25) is 0 Å². The molecular weight excluding hydrogens is 172 g/mol. The third-order valence-electron chi connectivity index (χ3n) is 3.15. The van der Waals surface area contributed by atoms with Crippen LogP contribution in [0.15, 0.2) is 0 Å². The molecule has 0 aliphatic carbocycles. The van der Waals surface area contributed by atoms with Crippen LogP contribution in [0.25, 0.3) is 0 Å². The summed E-state index contributed by atoms with van der Waals surface area (Å²) in [6, 6.07) is 0.897. The van der Waals surface area contributed by atoms with E-state index in [2.05, 4.69) is 24.1 Å². The molecule has 0 unspecified atom stereocenters. The lowest BCUT2D eigenvalue weighted by molar-refractivity contribution is 0.240. The predicted octanol–water partition coefficient (Wildman–Crippen LogP) is 2.25. The van der Waals surface area contributed by atoms with Gasteiger partial charge in [-0.05, 0) is 58.3 Å². The first kappa shape index (κ1) is 12.0. The molecule has 1 heterocycles. The quantitative estimate of drug-likeness (QED) is 0.631. The lowest BCUT2D eigenvalue weighted by atomic mass is 10.1. The molecule has 0 saturated carbocycles. The Morgan fingerprint density at radius 3 is 2.93 bits per heavy atom. The van der Waals surface area contributed by atoms with Crippen molar-refractivity contribution in [2.75, 3.05) is 26.2 Å². The van der Waals surface area contributed by atoms with Crippen molar-refractivity contribution >= 4 is 0 Å². The van der Waals surface area contributed by atoms with Crippen molar-refractivity contribution in [1.29, 1.82) is 0 Å². The Balaban J connectivity index is 2.09. The summed E-state index contributed by atoms with van der Waals surface area (Å²) in [5, 5.41) is 3.40. The van der Waals surface area contributed by atoms with Gasteiger partial charge in [-0.15, -0.1) is 0 Å². The van der Waals surface area contributed by atoms with Crippen LogP contribution < -0.4 is 5.32 Å². The summed E-state index contributed by atoms with van der Waals surface area (Å²) < 4.78 is 0. The molecule has 0 aromatic rings. The Kier molecular flexibility index (Phi) is 6.20. The summed E-state index contributed by atoms with van der Waals surface area (Å²) in [6.45, 7) is 9.44. The largest absolute Gasteiger partial charge is 0.317 e. The number of hydrogen-bond donors (Lipinski definition) is 1. The van der Waals surface area contributed by atoms with Gasteiger partial charge in [-0.1, -0.05) is 13.8 Å². The first-order valence-electron chi connectivity index (χ1n) is 6.33. The van der Waals surface area contributed by atoms with Gasteiger partial charge in [0.05, 0.1) is 0 Å². The fourth-order valence-corrected chi connectivity index (χ4v) is 2.44. The highest BCUT2D eigenvalue weighted by molar-refractivity contribution is 4.78. The van der Waals surface area contributed by atoms with Gasteiger partial charge in [0.25, 0.3) is 0 Å². The van der Waals surface area contributed by atoms with E-state index in [1.54, 1.807) is 0 Å². The number of likely N-dealkylation sites (tertiary alicyclic amines) is 1. The van der Waals surface area contributed by atoms with Crippen molar-refractivity contribution in [3.8, 4) is 0 Å². The molecule has 2 nitrogen and oxygen atoms in total. The minimum atomic E-state index is 0.897. The van der Waals surface area contributed by atoms with Crippen LogP contribution in [-0.2, 0) is 0 Å². The van der Waals surface area contributed by atoms with E-state index in [9.17, 15) is 0 Å². The van der Waals surface area contributed by atoms with Crippen molar-refractivity contribution < 1.29 is 0 Å². The average Bonchev–Trinajstić information content (AvgIpc) is 2.61. The van der Waals surface area contributed by atoms with E-state index in [1.807, 2.05) is 0 Å². The molecule has 0 spiro atoms. The highest BCUT2D eigenvalue weighted by Crippen LogP contribution is 2.20. The van der Waals surface area contributed by atoms with Gasteiger partial charge in [0.2, 0.25) is 0 Å². The molecule has 1 saturated heterocycles. The Hall–Kier alpha value is -0.0800. The van der Waals surface area contributed by atoms with Gasteiger partial charge >= 0.3 is 0 Å². The first-order valence-corrected chi connectivity index (χ1v) is 6.33. The zero-order chi connectivity index (χ0) is 10.2. The molecule has 0 radical (unpaired) electrons. The van der Waals surface area contributed by atoms with Crippen LogP contribution in [0.1, 0.15) is 46.0 Å². The molecular formula is C12H26N2. The summed E-state index contributed by atoms with van der Waals surface area (Å²) in [6.07, 6.45) is 6.91. The molecule has 1 atom stereocenters. The Bertz CT molecular complexity index is 136. The molecule has 1 fully saturated rings. The second kappa shape index (κ2) is 7.24. The van der Waals surface area contributed by atoms with Crippen LogP contribution in [0.3, 0.4) is 0 Å². The summed E-state index contributed by atoms with van der Waals surface area (Å²) >= 11 is 0. The van der Waals surface area contributed by atoms with Gasteiger partial charge in [0.1, 0.15) is 0 Å². The van der Waals surface area contributed by atoms with E-state index >= 15 is 0 Å². The standard InChI is InChI=1S/C12H26N2/c1-3-10-14-11-6-8-12(14)7-5-9-13-4-2/h12-13H,3-11H2,1-2H3/t12-/m0/s1. The zero-order valence-corrected chi connectivity index (χ0v) is 9.89. The molecule has 1 N–H and O–H groups in total. The van der Waals surface area contributed by atoms with Crippen LogP contribution in [-0.4, -0.2) is 37.1 Å². The van der Waals surface area contributed by atoms with Crippen LogP contribution >= 0.6 is 0 Å². The first-order chi connectivity index (χ1) is 6.88. The van der Waals surface area contributed by atoms with Crippen molar-refractivity contribution in [3.05, 3.63) is 0 Å². The van der Waals surface area contributed by atoms with Crippen LogP contribution in [0.2, 0.25) is 0 Å². The third-order valence-corrected chi connectivity index (χ3v) is 3.15. The van der Waals surface area contributed by atoms with Gasteiger partial charge in [-0.25, -0.2) is 0 Å². The Morgan fingerprint density at radius 1 is 1.36 bits per heavy atom. The van der Waals surface area contributed by atoms with Gasteiger partial charge in [-0.2, -0.15) is 0 Å². The van der Waals surface area contributed by atoms with Crippen molar-refractivity contribution in [3.63, 3.8) is 0 Å².